The summed E-state index contributed by atoms with van der Waals surface area (Å²) >= 11 is 1.39. The van der Waals surface area contributed by atoms with Crippen molar-refractivity contribution in [3.8, 4) is 17.3 Å². The largest absolute Gasteiger partial charge is 0.479 e. The Morgan fingerprint density at radius 1 is 1.45 bits per heavy atom. The van der Waals surface area contributed by atoms with Gasteiger partial charge in [-0.05, 0) is 13.8 Å². The third kappa shape index (κ3) is 2.84. The molecule has 0 aliphatic heterocycles. The van der Waals surface area contributed by atoms with E-state index in [1.807, 2.05) is 24.7 Å². The molecule has 0 aliphatic rings. The van der Waals surface area contributed by atoms with E-state index in [4.69, 9.17) is 4.74 Å². The number of hydrogen-bond donors (Lipinski definition) is 0. The molecule has 0 saturated carbocycles. The molecule has 7 nitrogen and oxygen atoms in total. The number of aromatic nitrogens is 5. The number of rotatable bonds is 6. The molecule has 0 spiro atoms. The molecule has 0 fully saturated rings. The molecule has 0 unspecified atom stereocenters. The average molecular weight is 295 g/mol. The lowest BCUT2D eigenvalue weighted by molar-refractivity contribution is -0.114. The number of hydrogen-bond acceptors (Lipinski definition) is 6. The molecule has 0 aliphatic carbocycles. The standard InChI is InChI=1S/C12H17N5O2S/c1-5-17-10(9-6-16(3)15-11(9)19-4)13-14-12(17)20-7-8(2)18/h6H,5,7H2,1-4H3. The van der Waals surface area contributed by atoms with E-state index >= 15 is 0 Å². The molecule has 0 bridgehead atoms. The maximum Gasteiger partial charge on any atom is 0.243 e. The van der Waals surface area contributed by atoms with Gasteiger partial charge in [-0.3, -0.25) is 9.48 Å². The van der Waals surface area contributed by atoms with Crippen LogP contribution in [0.25, 0.3) is 11.4 Å². The van der Waals surface area contributed by atoms with Crippen LogP contribution in [0, 0.1) is 0 Å². The molecule has 20 heavy (non-hydrogen) atoms. The van der Waals surface area contributed by atoms with Gasteiger partial charge in [0.1, 0.15) is 11.3 Å². The average Bonchev–Trinajstić information content (AvgIpc) is 2.98. The van der Waals surface area contributed by atoms with Gasteiger partial charge in [0.05, 0.1) is 12.9 Å². The Kier molecular flexibility index (Phi) is 4.43. The van der Waals surface area contributed by atoms with Crippen molar-refractivity contribution >= 4 is 17.5 Å². The molecule has 2 aromatic rings. The maximum absolute atomic E-state index is 11.1. The highest BCUT2D eigenvalue weighted by atomic mass is 32.2. The number of methoxy groups -OCH3 is 1. The highest BCUT2D eigenvalue weighted by Crippen LogP contribution is 2.29. The number of Topliss-reactive ketones (excluding diaryl/α,β-unsaturated/α-hetero) is 1. The summed E-state index contributed by atoms with van der Waals surface area (Å²) < 4.78 is 8.88. The van der Waals surface area contributed by atoms with Crippen LogP contribution >= 0.6 is 11.8 Å². The number of nitrogens with zero attached hydrogens (tertiary/aromatic N) is 5. The van der Waals surface area contributed by atoms with Crippen molar-refractivity contribution < 1.29 is 9.53 Å². The molecule has 0 atom stereocenters. The number of thioether (sulfide) groups is 1. The quantitative estimate of drug-likeness (QED) is 0.750. The summed E-state index contributed by atoms with van der Waals surface area (Å²) in [6.07, 6.45) is 1.84. The van der Waals surface area contributed by atoms with Gasteiger partial charge in [-0.25, -0.2) is 0 Å². The van der Waals surface area contributed by atoms with Gasteiger partial charge in [0.15, 0.2) is 11.0 Å². The second kappa shape index (κ2) is 6.08. The number of ether oxygens (including phenoxy) is 1. The topological polar surface area (TPSA) is 74.8 Å². The first-order valence-corrected chi connectivity index (χ1v) is 7.18. The van der Waals surface area contributed by atoms with E-state index in [1.54, 1.807) is 18.7 Å². The predicted octanol–water partition coefficient (Wildman–Crippen LogP) is 1.39. The predicted molar refractivity (Wildman–Crippen MR) is 75.9 cm³/mol. The van der Waals surface area contributed by atoms with E-state index in [1.165, 1.54) is 11.8 Å². The number of ketones is 1. The fourth-order valence-corrected chi connectivity index (χ4v) is 2.62. The molecule has 2 rings (SSSR count). The minimum absolute atomic E-state index is 0.112. The second-order valence-electron chi connectivity index (χ2n) is 4.27. The molecule has 0 N–H and O–H groups in total. The minimum atomic E-state index is 0.112. The van der Waals surface area contributed by atoms with E-state index in [2.05, 4.69) is 15.3 Å². The van der Waals surface area contributed by atoms with Crippen LogP contribution < -0.4 is 4.74 Å². The van der Waals surface area contributed by atoms with Gasteiger partial charge in [0, 0.05) is 19.8 Å². The zero-order valence-electron chi connectivity index (χ0n) is 12.0. The summed E-state index contributed by atoms with van der Waals surface area (Å²) in [4.78, 5) is 11.1. The first-order chi connectivity index (χ1) is 9.56. The molecule has 0 aromatic carbocycles. The lowest BCUT2D eigenvalue weighted by atomic mass is 10.3. The lowest BCUT2D eigenvalue weighted by Crippen LogP contribution is -2.02. The molecule has 8 heteroatoms. The number of carbonyl (C=O) groups excluding carboxylic acids is 1. The Bertz CT molecular complexity index is 619. The van der Waals surface area contributed by atoms with E-state index in [-0.39, 0.29) is 5.78 Å². The Balaban J connectivity index is 2.39. The summed E-state index contributed by atoms with van der Waals surface area (Å²) in [6.45, 7) is 4.28. The van der Waals surface area contributed by atoms with Gasteiger partial charge < -0.3 is 9.30 Å². The van der Waals surface area contributed by atoms with Crippen LogP contribution in [0.5, 0.6) is 5.88 Å². The fraction of sp³-hybridized carbons (Fsp3) is 0.500. The van der Waals surface area contributed by atoms with Gasteiger partial charge in [0.25, 0.3) is 0 Å². The summed E-state index contributed by atoms with van der Waals surface area (Å²) in [5, 5.41) is 13.3. The molecular formula is C12H17N5O2S. The monoisotopic (exact) mass is 295 g/mol. The van der Waals surface area contributed by atoms with Crippen molar-refractivity contribution in [3.05, 3.63) is 6.20 Å². The summed E-state index contributed by atoms with van der Waals surface area (Å²) in [5.41, 5.74) is 0.791. The van der Waals surface area contributed by atoms with Crippen molar-refractivity contribution in [2.75, 3.05) is 12.9 Å². The SMILES string of the molecule is CCn1c(SCC(C)=O)nnc1-c1cn(C)nc1OC. The van der Waals surface area contributed by atoms with Gasteiger partial charge in [-0.2, -0.15) is 0 Å². The zero-order valence-corrected chi connectivity index (χ0v) is 12.8. The fourth-order valence-electron chi connectivity index (χ4n) is 1.82. The Morgan fingerprint density at radius 2 is 2.20 bits per heavy atom. The van der Waals surface area contributed by atoms with Crippen LogP contribution in [0.15, 0.2) is 11.4 Å². The van der Waals surface area contributed by atoms with Crippen molar-refractivity contribution in [2.45, 2.75) is 25.5 Å². The van der Waals surface area contributed by atoms with Crippen LogP contribution in [-0.2, 0) is 18.4 Å². The van der Waals surface area contributed by atoms with E-state index in [0.29, 0.717) is 24.0 Å². The van der Waals surface area contributed by atoms with E-state index in [0.717, 1.165) is 10.7 Å². The Labute approximate surface area is 121 Å². The first-order valence-electron chi connectivity index (χ1n) is 6.20. The summed E-state index contributed by atoms with van der Waals surface area (Å²) in [7, 11) is 3.40. The summed E-state index contributed by atoms with van der Waals surface area (Å²) in [6, 6.07) is 0. The molecule has 0 saturated heterocycles. The molecule has 2 aromatic heterocycles. The van der Waals surface area contributed by atoms with Crippen molar-refractivity contribution in [2.24, 2.45) is 7.05 Å². The molecule has 0 radical (unpaired) electrons. The van der Waals surface area contributed by atoms with Crippen LogP contribution in [0.4, 0.5) is 0 Å². The van der Waals surface area contributed by atoms with Crippen LogP contribution in [0.2, 0.25) is 0 Å². The van der Waals surface area contributed by atoms with Crippen LogP contribution in [-0.4, -0.2) is 43.2 Å². The Hall–Kier alpha value is -1.83. The van der Waals surface area contributed by atoms with Crippen LogP contribution in [0.1, 0.15) is 13.8 Å². The highest BCUT2D eigenvalue weighted by Gasteiger charge is 2.19. The molecule has 2 heterocycles. The lowest BCUT2D eigenvalue weighted by Gasteiger charge is -2.06. The molecule has 108 valence electrons. The summed E-state index contributed by atoms with van der Waals surface area (Å²) in [5.74, 6) is 1.71. The maximum atomic E-state index is 11.1. The van der Waals surface area contributed by atoms with Crippen molar-refractivity contribution in [3.63, 3.8) is 0 Å². The molecule has 0 amide bonds. The first kappa shape index (κ1) is 14.6. The van der Waals surface area contributed by atoms with Crippen LogP contribution in [0.3, 0.4) is 0 Å². The van der Waals surface area contributed by atoms with Gasteiger partial charge in [0.2, 0.25) is 5.88 Å². The third-order valence-electron chi connectivity index (χ3n) is 2.67. The number of carbonyl (C=O) groups is 1. The minimum Gasteiger partial charge on any atom is -0.479 e. The highest BCUT2D eigenvalue weighted by molar-refractivity contribution is 7.99. The second-order valence-corrected chi connectivity index (χ2v) is 5.21. The Morgan fingerprint density at radius 3 is 2.80 bits per heavy atom. The zero-order chi connectivity index (χ0) is 14.7. The smallest absolute Gasteiger partial charge is 0.243 e. The number of aryl methyl sites for hydroxylation is 1. The van der Waals surface area contributed by atoms with Gasteiger partial charge in [-0.15, -0.1) is 15.3 Å². The normalized spacial score (nSPS) is 10.8. The van der Waals surface area contributed by atoms with Gasteiger partial charge >= 0.3 is 0 Å². The van der Waals surface area contributed by atoms with Crippen molar-refractivity contribution in [1.29, 1.82) is 0 Å². The van der Waals surface area contributed by atoms with E-state index in [9.17, 15) is 4.79 Å². The molecular weight excluding hydrogens is 278 g/mol. The van der Waals surface area contributed by atoms with Crippen molar-refractivity contribution in [1.82, 2.24) is 24.5 Å². The third-order valence-corrected chi connectivity index (χ3v) is 3.78. The van der Waals surface area contributed by atoms with E-state index < -0.39 is 0 Å². The van der Waals surface area contributed by atoms with Gasteiger partial charge in [-0.1, -0.05) is 11.8 Å².